The summed E-state index contributed by atoms with van der Waals surface area (Å²) in [5, 5.41) is 19.9. The lowest BCUT2D eigenvalue weighted by Gasteiger charge is -2.07. The molecule has 0 saturated carbocycles. The predicted octanol–water partition coefficient (Wildman–Crippen LogP) is 0.953. The van der Waals surface area contributed by atoms with Crippen molar-refractivity contribution in [1.82, 2.24) is 19.8 Å². The Balaban J connectivity index is 2.07. The average molecular weight is 328 g/mol. The highest BCUT2D eigenvalue weighted by atomic mass is 16.5. The molecule has 0 spiro atoms. The van der Waals surface area contributed by atoms with Gasteiger partial charge in [0.05, 0.1) is 13.5 Å². The van der Waals surface area contributed by atoms with E-state index in [1.807, 2.05) is 24.3 Å². The van der Waals surface area contributed by atoms with Gasteiger partial charge in [0, 0.05) is 23.2 Å². The minimum Gasteiger partial charge on any atom is -0.496 e. The number of aliphatic carboxylic acids is 1. The van der Waals surface area contributed by atoms with E-state index in [-0.39, 0.29) is 29.7 Å². The van der Waals surface area contributed by atoms with Crippen LogP contribution in [0.15, 0.2) is 29.1 Å². The molecule has 1 aromatic carbocycles. The van der Waals surface area contributed by atoms with Crippen LogP contribution in [0.25, 0.3) is 5.65 Å². The number of para-hydroxylation sites is 1. The van der Waals surface area contributed by atoms with Crippen LogP contribution in [0.2, 0.25) is 0 Å². The third kappa shape index (κ3) is 2.73. The van der Waals surface area contributed by atoms with Crippen LogP contribution < -0.4 is 10.3 Å². The van der Waals surface area contributed by atoms with Crippen molar-refractivity contribution in [3.05, 3.63) is 57.1 Å². The van der Waals surface area contributed by atoms with E-state index in [9.17, 15) is 9.59 Å². The van der Waals surface area contributed by atoms with Crippen LogP contribution in [0.3, 0.4) is 0 Å². The maximum absolute atomic E-state index is 12.6. The van der Waals surface area contributed by atoms with Gasteiger partial charge in [0.2, 0.25) is 0 Å². The first-order valence-corrected chi connectivity index (χ1v) is 7.30. The number of rotatable bonds is 5. The highest BCUT2D eigenvalue weighted by molar-refractivity contribution is 5.73. The number of ether oxygens (including phenoxy) is 1. The van der Waals surface area contributed by atoms with Gasteiger partial charge in [0.1, 0.15) is 11.4 Å². The number of nitrogens with one attached hydrogen (secondary N) is 1. The van der Waals surface area contributed by atoms with Crippen molar-refractivity contribution in [2.75, 3.05) is 7.11 Å². The normalized spacial score (nSPS) is 10.9. The Morgan fingerprint density at radius 2 is 2.08 bits per heavy atom. The standard InChI is InChI=1S/C16H16N4O4/c1-9-11(8-14(21)22)15-18-17-12(16(23)20(15)19-9)7-10-5-3-4-6-13(10)24-2/h3-6,19H,7-8H2,1-2H3,(H,21,22). The third-order valence-corrected chi connectivity index (χ3v) is 3.81. The van der Waals surface area contributed by atoms with Crippen LogP contribution >= 0.6 is 0 Å². The largest absolute Gasteiger partial charge is 0.496 e. The average Bonchev–Trinajstić information content (AvgIpc) is 2.87. The van der Waals surface area contributed by atoms with Gasteiger partial charge in [-0.1, -0.05) is 18.2 Å². The van der Waals surface area contributed by atoms with E-state index in [1.54, 1.807) is 14.0 Å². The predicted molar refractivity (Wildman–Crippen MR) is 85.5 cm³/mol. The van der Waals surface area contributed by atoms with Gasteiger partial charge >= 0.3 is 5.97 Å². The van der Waals surface area contributed by atoms with Crippen molar-refractivity contribution < 1.29 is 14.6 Å². The van der Waals surface area contributed by atoms with Crippen molar-refractivity contribution >= 4 is 11.6 Å². The molecule has 0 saturated heterocycles. The molecule has 2 aromatic heterocycles. The Kier molecular flexibility index (Phi) is 4.03. The zero-order valence-corrected chi connectivity index (χ0v) is 13.2. The molecule has 124 valence electrons. The van der Waals surface area contributed by atoms with Gasteiger partial charge in [-0.25, -0.2) is 0 Å². The Hall–Kier alpha value is -3.16. The van der Waals surface area contributed by atoms with Crippen molar-refractivity contribution in [2.45, 2.75) is 19.8 Å². The molecule has 0 amide bonds. The molecule has 8 nitrogen and oxygen atoms in total. The molecule has 0 atom stereocenters. The second kappa shape index (κ2) is 6.15. The molecule has 0 radical (unpaired) electrons. The topological polar surface area (TPSA) is 110 Å². The molecule has 0 aliphatic heterocycles. The first-order chi connectivity index (χ1) is 11.5. The van der Waals surface area contributed by atoms with Gasteiger partial charge in [-0.15, -0.1) is 10.2 Å². The number of nitrogens with zero attached hydrogens (tertiary/aromatic N) is 3. The fourth-order valence-corrected chi connectivity index (χ4v) is 2.63. The Labute approximate surface area is 136 Å². The van der Waals surface area contributed by atoms with E-state index in [0.717, 1.165) is 5.56 Å². The number of aryl methyl sites for hydroxylation is 1. The monoisotopic (exact) mass is 328 g/mol. The van der Waals surface area contributed by atoms with Crippen molar-refractivity contribution in [1.29, 1.82) is 0 Å². The SMILES string of the molecule is COc1ccccc1Cc1nnc2c(CC(=O)O)c(C)[nH]n2c1=O. The number of aromatic amines is 1. The molecule has 8 heteroatoms. The second-order valence-electron chi connectivity index (χ2n) is 5.39. The minimum atomic E-state index is -0.994. The van der Waals surface area contributed by atoms with Crippen LogP contribution in [0.4, 0.5) is 0 Å². The fraction of sp³-hybridized carbons (Fsp3) is 0.250. The van der Waals surface area contributed by atoms with E-state index >= 15 is 0 Å². The lowest BCUT2D eigenvalue weighted by Crippen LogP contribution is -2.22. The van der Waals surface area contributed by atoms with Gasteiger partial charge in [0.15, 0.2) is 5.65 Å². The quantitative estimate of drug-likeness (QED) is 0.722. The highest BCUT2D eigenvalue weighted by Crippen LogP contribution is 2.19. The van der Waals surface area contributed by atoms with Gasteiger partial charge in [-0.2, -0.15) is 4.52 Å². The van der Waals surface area contributed by atoms with Crippen LogP contribution in [-0.2, 0) is 17.6 Å². The number of carboxylic acids is 1. The second-order valence-corrected chi connectivity index (χ2v) is 5.39. The molecule has 2 N–H and O–H groups in total. The van der Waals surface area contributed by atoms with Crippen LogP contribution in [0.1, 0.15) is 22.5 Å². The maximum atomic E-state index is 12.6. The van der Waals surface area contributed by atoms with Gasteiger partial charge in [-0.3, -0.25) is 14.7 Å². The van der Waals surface area contributed by atoms with E-state index in [0.29, 0.717) is 17.0 Å². The van der Waals surface area contributed by atoms with E-state index < -0.39 is 5.97 Å². The van der Waals surface area contributed by atoms with Crippen LogP contribution in [0, 0.1) is 6.92 Å². The lowest BCUT2D eigenvalue weighted by atomic mass is 10.1. The molecular weight excluding hydrogens is 312 g/mol. The number of H-pyrrole nitrogens is 1. The summed E-state index contributed by atoms with van der Waals surface area (Å²) in [5.74, 6) is -0.329. The molecular formula is C16H16N4O4. The molecule has 3 rings (SSSR count). The smallest absolute Gasteiger partial charge is 0.308 e. The van der Waals surface area contributed by atoms with Crippen LogP contribution in [-0.4, -0.2) is 38.0 Å². The summed E-state index contributed by atoms with van der Waals surface area (Å²) in [6, 6.07) is 7.36. The Bertz CT molecular complexity index is 974. The molecule has 24 heavy (non-hydrogen) atoms. The molecule has 0 aliphatic rings. The van der Waals surface area contributed by atoms with Gasteiger partial charge in [-0.05, 0) is 13.0 Å². The number of carbonyl (C=O) groups is 1. The molecule has 0 bridgehead atoms. The zero-order valence-electron chi connectivity index (χ0n) is 13.2. The summed E-state index contributed by atoms with van der Waals surface area (Å²) in [7, 11) is 1.56. The summed E-state index contributed by atoms with van der Waals surface area (Å²) in [4.78, 5) is 23.6. The first-order valence-electron chi connectivity index (χ1n) is 7.30. The number of aromatic nitrogens is 4. The maximum Gasteiger partial charge on any atom is 0.308 e. The first kappa shape index (κ1) is 15.7. The lowest BCUT2D eigenvalue weighted by molar-refractivity contribution is -0.136. The molecule has 0 fully saturated rings. The summed E-state index contributed by atoms with van der Waals surface area (Å²) in [5.41, 5.74) is 1.99. The summed E-state index contributed by atoms with van der Waals surface area (Å²) >= 11 is 0. The van der Waals surface area contributed by atoms with Gasteiger partial charge in [0.25, 0.3) is 5.56 Å². The van der Waals surface area contributed by atoms with Gasteiger partial charge < -0.3 is 9.84 Å². The number of carboxylic acid groups (broad SMARTS) is 1. The number of methoxy groups -OCH3 is 1. The number of benzene rings is 1. The van der Waals surface area contributed by atoms with E-state index in [4.69, 9.17) is 9.84 Å². The van der Waals surface area contributed by atoms with Crippen molar-refractivity contribution in [2.24, 2.45) is 0 Å². The van der Waals surface area contributed by atoms with Crippen molar-refractivity contribution in [3.63, 3.8) is 0 Å². The minimum absolute atomic E-state index is 0.223. The molecule has 2 heterocycles. The Morgan fingerprint density at radius 3 is 2.79 bits per heavy atom. The number of fused-ring (bicyclic) bond motifs is 1. The van der Waals surface area contributed by atoms with Crippen molar-refractivity contribution in [3.8, 4) is 5.75 Å². The molecule has 3 aromatic rings. The third-order valence-electron chi connectivity index (χ3n) is 3.81. The molecule has 0 unspecified atom stereocenters. The zero-order chi connectivity index (χ0) is 17.3. The number of hydrogen-bond donors (Lipinski definition) is 2. The van der Waals surface area contributed by atoms with Crippen LogP contribution in [0.5, 0.6) is 5.75 Å². The summed E-state index contributed by atoms with van der Waals surface area (Å²) < 4.78 is 6.52. The summed E-state index contributed by atoms with van der Waals surface area (Å²) in [6.07, 6.45) is 0.0456. The molecule has 0 aliphatic carbocycles. The summed E-state index contributed by atoms with van der Waals surface area (Å²) in [6.45, 7) is 1.70. The van der Waals surface area contributed by atoms with E-state index in [1.165, 1.54) is 4.52 Å². The fourth-order valence-electron chi connectivity index (χ4n) is 2.63. The highest BCUT2D eigenvalue weighted by Gasteiger charge is 2.17. The number of hydrogen-bond acceptors (Lipinski definition) is 5. The van der Waals surface area contributed by atoms with E-state index in [2.05, 4.69) is 15.3 Å². The Morgan fingerprint density at radius 1 is 1.33 bits per heavy atom.